The number of terminal acetylenes is 1. The van der Waals surface area contributed by atoms with Crippen LogP contribution >= 0.6 is 0 Å². The van der Waals surface area contributed by atoms with Crippen LogP contribution in [0.4, 0.5) is 0 Å². The predicted molar refractivity (Wildman–Crippen MR) is 97.8 cm³/mol. The van der Waals surface area contributed by atoms with E-state index in [0.717, 1.165) is 30.7 Å². The number of fused-ring (bicyclic) bond motifs is 1. The molecule has 2 aromatic rings. The third kappa shape index (κ3) is 3.84. The number of ether oxygens (including phenoxy) is 1. The van der Waals surface area contributed by atoms with Gasteiger partial charge in [-0.2, -0.15) is 0 Å². The summed E-state index contributed by atoms with van der Waals surface area (Å²) in [6.07, 6.45) is 6.55. The SMILES string of the molecule is C#CCCCn1c(=O)c(=O)n(CCN2CCOCC2)c2ccccc21. The number of hydrogen-bond acceptors (Lipinski definition) is 4. The summed E-state index contributed by atoms with van der Waals surface area (Å²) in [4.78, 5) is 27.5. The summed E-state index contributed by atoms with van der Waals surface area (Å²) in [5.74, 6) is 2.57. The molecule has 0 spiro atoms. The van der Waals surface area contributed by atoms with E-state index in [9.17, 15) is 9.59 Å². The molecule has 0 amide bonds. The Morgan fingerprint density at radius 1 is 0.960 bits per heavy atom. The van der Waals surface area contributed by atoms with Gasteiger partial charge in [-0.3, -0.25) is 14.5 Å². The molecular weight excluding hydrogens is 318 g/mol. The van der Waals surface area contributed by atoms with Crippen LogP contribution in [0.1, 0.15) is 12.8 Å². The first-order chi connectivity index (χ1) is 12.2. The zero-order valence-electron chi connectivity index (χ0n) is 14.3. The molecule has 132 valence electrons. The lowest BCUT2D eigenvalue weighted by atomic mass is 10.2. The zero-order valence-corrected chi connectivity index (χ0v) is 14.3. The van der Waals surface area contributed by atoms with E-state index in [-0.39, 0.29) is 0 Å². The van der Waals surface area contributed by atoms with E-state index in [0.29, 0.717) is 39.1 Å². The Balaban J connectivity index is 1.94. The second kappa shape index (κ2) is 8.15. The molecule has 6 heteroatoms. The Morgan fingerprint density at radius 2 is 1.56 bits per heavy atom. The van der Waals surface area contributed by atoms with E-state index in [1.807, 2.05) is 24.3 Å². The molecule has 25 heavy (non-hydrogen) atoms. The quantitative estimate of drug-likeness (QED) is 0.445. The molecule has 0 saturated carbocycles. The van der Waals surface area contributed by atoms with Crippen molar-refractivity contribution in [3.63, 3.8) is 0 Å². The number of benzene rings is 1. The molecular formula is C19H23N3O3. The second-order valence-corrected chi connectivity index (χ2v) is 6.16. The molecule has 6 nitrogen and oxygen atoms in total. The van der Waals surface area contributed by atoms with Crippen molar-refractivity contribution in [3.05, 3.63) is 45.0 Å². The van der Waals surface area contributed by atoms with Crippen LogP contribution in [-0.2, 0) is 17.8 Å². The van der Waals surface area contributed by atoms with Crippen LogP contribution in [0.5, 0.6) is 0 Å². The molecule has 0 N–H and O–H groups in total. The summed E-state index contributed by atoms with van der Waals surface area (Å²) in [7, 11) is 0. The molecule has 1 aromatic heterocycles. The third-order valence-corrected chi connectivity index (χ3v) is 4.58. The van der Waals surface area contributed by atoms with E-state index in [2.05, 4.69) is 10.8 Å². The molecule has 1 aliphatic heterocycles. The molecule has 1 aliphatic rings. The van der Waals surface area contributed by atoms with E-state index >= 15 is 0 Å². The maximum Gasteiger partial charge on any atom is 0.316 e. The maximum absolute atomic E-state index is 12.7. The third-order valence-electron chi connectivity index (χ3n) is 4.58. The number of nitrogens with zero attached hydrogens (tertiary/aromatic N) is 3. The van der Waals surface area contributed by atoms with E-state index in [4.69, 9.17) is 11.2 Å². The van der Waals surface area contributed by atoms with Crippen molar-refractivity contribution < 1.29 is 4.74 Å². The second-order valence-electron chi connectivity index (χ2n) is 6.16. The minimum Gasteiger partial charge on any atom is -0.379 e. The van der Waals surface area contributed by atoms with Crippen LogP contribution in [0.15, 0.2) is 33.9 Å². The highest BCUT2D eigenvalue weighted by molar-refractivity contribution is 5.75. The summed E-state index contributed by atoms with van der Waals surface area (Å²) < 4.78 is 8.51. The molecule has 1 fully saturated rings. The van der Waals surface area contributed by atoms with E-state index in [1.165, 1.54) is 0 Å². The van der Waals surface area contributed by atoms with Crippen molar-refractivity contribution in [2.45, 2.75) is 25.9 Å². The van der Waals surface area contributed by atoms with Gasteiger partial charge in [0.1, 0.15) is 0 Å². The Kier molecular flexibility index (Phi) is 5.69. The largest absolute Gasteiger partial charge is 0.379 e. The normalized spacial score (nSPS) is 15.3. The van der Waals surface area contributed by atoms with Crippen LogP contribution in [0.3, 0.4) is 0 Å². The first-order valence-electron chi connectivity index (χ1n) is 8.68. The first kappa shape index (κ1) is 17.5. The monoisotopic (exact) mass is 341 g/mol. The predicted octanol–water partition coefficient (Wildman–Crippen LogP) is 0.909. The summed E-state index contributed by atoms with van der Waals surface area (Å²) in [5, 5.41) is 0. The Hall–Kier alpha value is -2.36. The Morgan fingerprint density at radius 3 is 2.16 bits per heavy atom. The Labute approximate surface area is 146 Å². The first-order valence-corrected chi connectivity index (χ1v) is 8.68. The number of rotatable bonds is 6. The molecule has 0 bridgehead atoms. The molecule has 0 aliphatic carbocycles. The number of aromatic nitrogens is 2. The van der Waals surface area contributed by atoms with Crippen LogP contribution in [0.25, 0.3) is 11.0 Å². The molecule has 1 aromatic carbocycles. The summed E-state index contributed by atoms with van der Waals surface area (Å²) in [6.45, 7) is 4.83. The average molecular weight is 341 g/mol. The number of unbranched alkanes of at least 4 members (excludes halogenated alkanes) is 1. The van der Waals surface area contributed by atoms with Gasteiger partial charge in [0.25, 0.3) is 0 Å². The van der Waals surface area contributed by atoms with Crippen LogP contribution in [0.2, 0.25) is 0 Å². The number of aryl methyl sites for hydroxylation is 1. The van der Waals surface area contributed by atoms with Gasteiger partial charge in [0, 0.05) is 39.1 Å². The minimum atomic E-state index is -0.474. The fourth-order valence-corrected chi connectivity index (χ4v) is 3.22. The number of hydrogen-bond donors (Lipinski definition) is 0. The molecule has 3 rings (SSSR count). The van der Waals surface area contributed by atoms with Gasteiger partial charge in [-0.05, 0) is 18.6 Å². The van der Waals surface area contributed by atoms with Gasteiger partial charge < -0.3 is 13.9 Å². The van der Waals surface area contributed by atoms with E-state index < -0.39 is 11.1 Å². The molecule has 0 radical (unpaired) electrons. The summed E-state index contributed by atoms with van der Waals surface area (Å²) in [6, 6.07) is 7.56. The van der Waals surface area contributed by atoms with Crippen LogP contribution in [-0.4, -0.2) is 46.9 Å². The van der Waals surface area contributed by atoms with Gasteiger partial charge in [0.05, 0.1) is 24.2 Å². The van der Waals surface area contributed by atoms with E-state index in [1.54, 1.807) is 9.13 Å². The van der Waals surface area contributed by atoms with Crippen LogP contribution in [0, 0.1) is 12.3 Å². The van der Waals surface area contributed by atoms with Gasteiger partial charge in [-0.1, -0.05) is 12.1 Å². The van der Waals surface area contributed by atoms with Crippen molar-refractivity contribution in [3.8, 4) is 12.3 Å². The lowest BCUT2D eigenvalue weighted by molar-refractivity contribution is 0.0364. The minimum absolute atomic E-state index is 0.461. The van der Waals surface area contributed by atoms with Crippen molar-refractivity contribution in [1.82, 2.24) is 14.0 Å². The lowest BCUT2D eigenvalue weighted by Crippen LogP contribution is -2.44. The molecule has 1 saturated heterocycles. The van der Waals surface area contributed by atoms with Crippen LogP contribution < -0.4 is 11.1 Å². The van der Waals surface area contributed by atoms with Crippen molar-refractivity contribution in [2.75, 3.05) is 32.8 Å². The van der Waals surface area contributed by atoms with Gasteiger partial charge in [0.15, 0.2) is 0 Å². The van der Waals surface area contributed by atoms with Crippen molar-refractivity contribution >= 4 is 11.0 Å². The van der Waals surface area contributed by atoms with Gasteiger partial charge in [-0.25, -0.2) is 0 Å². The molecule has 2 heterocycles. The highest BCUT2D eigenvalue weighted by Crippen LogP contribution is 2.11. The van der Waals surface area contributed by atoms with Gasteiger partial charge >= 0.3 is 11.1 Å². The lowest BCUT2D eigenvalue weighted by Gasteiger charge is -2.27. The maximum atomic E-state index is 12.7. The topological polar surface area (TPSA) is 56.5 Å². The average Bonchev–Trinajstić information content (AvgIpc) is 2.65. The fraction of sp³-hybridized carbons (Fsp3) is 0.474. The highest BCUT2D eigenvalue weighted by Gasteiger charge is 2.15. The van der Waals surface area contributed by atoms with Crippen molar-refractivity contribution in [2.24, 2.45) is 0 Å². The summed E-state index contributed by atoms with van der Waals surface area (Å²) >= 11 is 0. The number of morpholine rings is 1. The number of para-hydroxylation sites is 2. The Bertz CT molecular complexity index is 885. The zero-order chi connectivity index (χ0) is 17.6. The smallest absolute Gasteiger partial charge is 0.316 e. The van der Waals surface area contributed by atoms with Crippen molar-refractivity contribution in [1.29, 1.82) is 0 Å². The summed E-state index contributed by atoms with van der Waals surface area (Å²) in [5.41, 5.74) is 0.637. The highest BCUT2D eigenvalue weighted by atomic mass is 16.5. The molecule has 0 unspecified atom stereocenters. The van der Waals surface area contributed by atoms with Gasteiger partial charge in [-0.15, -0.1) is 12.3 Å². The fourth-order valence-electron chi connectivity index (χ4n) is 3.22. The van der Waals surface area contributed by atoms with Gasteiger partial charge in [0.2, 0.25) is 0 Å². The standard InChI is InChI=1S/C19H23N3O3/c1-2-3-6-9-21-16-7-4-5-8-17(16)22(19(24)18(21)23)11-10-20-12-14-25-15-13-20/h1,4-5,7-8H,3,6,9-15H2. The molecule has 0 atom stereocenters.